The largest absolute Gasteiger partial charge is 0.306 e. The Morgan fingerprint density at radius 3 is 2.55 bits per heavy atom. The van der Waals surface area contributed by atoms with Gasteiger partial charge in [-0.25, -0.2) is 4.39 Å². The van der Waals surface area contributed by atoms with Crippen LogP contribution in [0.2, 0.25) is 0 Å². The van der Waals surface area contributed by atoms with Crippen LogP contribution in [0.25, 0.3) is 0 Å². The van der Waals surface area contributed by atoms with Crippen molar-refractivity contribution in [1.82, 2.24) is 10.3 Å². The number of aromatic nitrogens is 1. The molecule has 2 rings (SSSR count). The number of pyridine rings is 1. The summed E-state index contributed by atoms with van der Waals surface area (Å²) < 4.78 is 14.4. The van der Waals surface area contributed by atoms with Gasteiger partial charge in [-0.3, -0.25) is 4.98 Å². The summed E-state index contributed by atoms with van der Waals surface area (Å²) in [4.78, 5) is 4.12. The molecule has 0 aliphatic rings. The maximum atomic E-state index is 14.4. The van der Waals surface area contributed by atoms with E-state index in [9.17, 15) is 4.39 Å². The van der Waals surface area contributed by atoms with Crippen LogP contribution in [-0.4, -0.2) is 11.5 Å². The van der Waals surface area contributed by atoms with Crippen molar-refractivity contribution in [2.75, 3.05) is 6.54 Å². The van der Waals surface area contributed by atoms with Gasteiger partial charge in [0.05, 0.1) is 6.04 Å². The lowest BCUT2D eigenvalue weighted by Gasteiger charge is -2.23. The van der Waals surface area contributed by atoms with Crippen LogP contribution in [0.1, 0.15) is 40.8 Å². The molecule has 1 atom stereocenters. The topological polar surface area (TPSA) is 24.9 Å². The molecule has 0 spiro atoms. The Balaban J connectivity index is 2.58. The van der Waals surface area contributed by atoms with Crippen LogP contribution in [0, 0.1) is 26.6 Å². The number of hydrogen-bond donors (Lipinski definition) is 1. The van der Waals surface area contributed by atoms with Crippen LogP contribution in [0.15, 0.2) is 30.6 Å². The number of aryl methyl sites for hydroxylation is 3. The lowest BCUT2D eigenvalue weighted by molar-refractivity contribution is 0.553. The molecule has 3 heteroatoms. The zero-order valence-electron chi connectivity index (χ0n) is 12.5. The molecule has 2 nitrogen and oxygen atoms in total. The van der Waals surface area contributed by atoms with Crippen molar-refractivity contribution in [2.24, 2.45) is 0 Å². The first kappa shape index (κ1) is 14.7. The van der Waals surface area contributed by atoms with Gasteiger partial charge in [0, 0.05) is 18.0 Å². The Hall–Kier alpha value is -1.74. The molecule has 2 aromatic rings. The normalized spacial score (nSPS) is 12.4. The van der Waals surface area contributed by atoms with Crippen LogP contribution < -0.4 is 5.32 Å². The first-order valence-corrected chi connectivity index (χ1v) is 6.95. The van der Waals surface area contributed by atoms with Crippen molar-refractivity contribution in [3.8, 4) is 0 Å². The van der Waals surface area contributed by atoms with E-state index in [2.05, 4.69) is 10.3 Å². The molecule has 0 saturated heterocycles. The lowest BCUT2D eigenvalue weighted by atomic mass is 9.91. The summed E-state index contributed by atoms with van der Waals surface area (Å²) >= 11 is 0. The van der Waals surface area contributed by atoms with Crippen molar-refractivity contribution in [3.63, 3.8) is 0 Å². The molecule has 1 aromatic carbocycles. The van der Waals surface area contributed by atoms with E-state index in [0.29, 0.717) is 0 Å². The van der Waals surface area contributed by atoms with E-state index in [0.717, 1.165) is 34.4 Å². The summed E-state index contributed by atoms with van der Waals surface area (Å²) in [6.45, 7) is 8.70. The number of nitrogens with zero attached hydrogens (tertiary/aromatic N) is 1. The van der Waals surface area contributed by atoms with Crippen molar-refractivity contribution in [3.05, 3.63) is 64.2 Å². The van der Waals surface area contributed by atoms with E-state index in [1.807, 2.05) is 46.0 Å². The molecule has 1 N–H and O–H groups in total. The Morgan fingerprint density at radius 1 is 1.20 bits per heavy atom. The molecule has 0 radical (unpaired) electrons. The Bertz CT molecular complexity index is 585. The molecule has 20 heavy (non-hydrogen) atoms. The van der Waals surface area contributed by atoms with E-state index >= 15 is 0 Å². The van der Waals surface area contributed by atoms with Gasteiger partial charge in [0.15, 0.2) is 0 Å². The third-order valence-corrected chi connectivity index (χ3v) is 3.55. The van der Waals surface area contributed by atoms with Gasteiger partial charge in [0.1, 0.15) is 5.82 Å². The highest BCUT2D eigenvalue weighted by atomic mass is 19.1. The van der Waals surface area contributed by atoms with Gasteiger partial charge < -0.3 is 5.32 Å². The standard InChI is InChI=1S/C17H21FN2/c1-5-20-17(14-6-7-19-10-13(14)4)16-12(3)8-11(2)9-15(16)18/h6-10,17,20H,5H2,1-4H3. The van der Waals surface area contributed by atoms with E-state index < -0.39 is 0 Å². The molecule has 0 amide bonds. The fourth-order valence-electron chi connectivity index (χ4n) is 2.67. The zero-order valence-corrected chi connectivity index (χ0v) is 12.5. The van der Waals surface area contributed by atoms with Gasteiger partial charge >= 0.3 is 0 Å². The quantitative estimate of drug-likeness (QED) is 0.914. The molecular weight excluding hydrogens is 251 g/mol. The minimum Gasteiger partial charge on any atom is -0.306 e. The summed E-state index contributed by atoms with van der Waals surface area (Å²) in [7, 11) is 0. The molecule has 106 valence electrons. The molecule has 1 unspecified atom stereocenters. The van der Waals surface area contributed by atoms with Crippen LogP contribution >= 0.6 is 0 Å². The van der Waals surface area contributed by atoms with Crippen LogP contribution in [0.4, 0.5) is 4.39 Å². The van der Waals surface area contributed by atoms with Crippen molar-refractivity contribution < 1.29 is 4.39 Å². The zero-order chi connectivity index (χ0) is 14.7. The van der Waals surface area contributed by atoms with E-state index in [1.54, 1.807) is 12.3 Å². The Kier molecular flexibility index (Phi) is 4.50. The smallest absolute Gasteiger partial charge is 0.128 e. The highest BCUT2D eigenvalue weighted by Gasteiger charge is 2.21. The van der Waals surface area contributed by atoms with Gasteiger partial charge in [-0.1, -0.05) is 13.0 Å². The van der Waals surface area contributed by atoms with Crippen molar-refractivity contribution in [2.45, 2.75) is 33.7 Å². The monoisotopic (exact) mass is 272 g/mol. The van der Waals surface area contributed by atoms with Crippen LogP contribution in [0.5, 0.6) is 0 Å². The predicted molar refractivity (Wildman–Crippen MR) is 80.4 cm³/mol. The van der Waals surface area contributed by atoms with Gasteiger partial charge in [0.25, 0.3) is 0 Å². The third kappa shape index (κ3) is 2.88. The average molecular weight is 272 g/mol. The maximum absolute atomic E-state index is 14.4. The van der Waals surface area contributed by atoms with Crippen LogP contribution in [-0.2, 0) is 0 Å². The summed E-state index contributed by atoms with van der Waals surface area (Å²) in [6, 6.07) is 5.45. The second-order valence-electron chi connectivity index (χ2n) is 5.20. The Morgan fingerprint density at radius 2 is 1.95 bits per heavy atom. The average Bonchev–Trinajstić information content (AvgIpc) is 2.37. The fraction of sp³-hybridized carbons (Fsp3) is 0.353. The van der Waals surface area contributed by atoms with Gasteiger partial charge in [0.2, 0.25) is 0 Å². The van der Waals surface area contributed by atoms with E-state index in [4.69, 9.17) is 0 Å². The van der Waals surface area contributed by atoms with Gasteiger partial charge in [-0.2, -0.15) is 0 Å². The number of halogens is 1. The molecule has 0 saturated carbocycles. The summed E-state index contributed by atoms with van der Waals surface area (Å²) in [5.74, 6) is -0.148. The first-order valence-electron chi connectivity index (χ1n) is 6.95. The summed E-state index contributed by atoms with van der Waals surface area (Å²) in [5.41, 5.74) is 4.80. The summed E-state index contributed by atoms with van der Waals surface area (Å²) in [6.07, 6.45) is 3.58. The molecule has 0 fully saturated rings. The van der Waals surface area contributed by atoms with E-state index in [-0.39, 0.29) is 11.9 Å². The van der Waals surface area contributed by atoms with Gasteiger partial charge in [-0.05, 0) is 61.7 Å². The minimum absolute atomic E-state index is 0.136. The predicted octanol–water partition coefficient (Wildman–Crippen LogP) is 3.84. The SMILES string of the molecule is CCNC(c1ccncc1C)c1c(C)cc(C)cc1F. The fourth-order valence-corrected chi connectivity index (χ4v) is 2.67. The van der Waals surface area contributed by atoms with Gasteiger partial charge in [-0.15, -0.1) is 0 Å². The molecule has 1 heterocycles. The van der Waals surface area contributed by atoms with Crippen molar-refractivity contribution >= 4 is 0 Å². The second-order valence-corrected chi connectivity index (χ2v) is 5.20. The van der Waals surface area contributed by atoms with Crippen LogP contribution in [0.3, 0.4) is 0 Å². The maximum Gasteiger partial charge on any atom is 0.128 e. The second kappa shape index (κ2) is 6.14. The number of hydrogen-bond acceptors (Lipinski definition) is 2. The van der Waals surface area contributed by atoms with Crippen molar-refractivity contribution in [1.29, 1.82) is 0 Å². The Labute approximate surface area is 120 Å². The first-order chi connectivity index (χ1) is 9.54. The number of benzene rings is 1. The highest BCUT2D eigenvalue weighted by molar-refractivity contribution is 5.41. The molecule has 0 aliphatic heterocycles. The van der Waals surface area contributed by atoms with E-state index in [1.165, 1.54) is 0 Å². The number of rotatable bonds is 4. The highest BCUT2D eigenvalue weighted by Crippen LogP contribution is 2.29. The number of nitrogens with one attached hydrogen (secondary N) is 1. The molecule has 1 aromatic heterocycles. The molecule has 0 bridgehead atoms. The molecule has 0 aliphatic carbocycles. The lowest BCUT2D eigenvalue weighted by Crippen LogP contribution is -2.24. The summed E-state index contributed by atoms with van der Waals surface area (Å²) in [5, 5.41) is 3.39. The molecular formula is C17H21FN2. The minimum atomic E-state index is -0.148. The third-order valence-electron chi connectivity index (χ3n) is 3.55.